The molecule has 2 heteroatoms. The normalized spacial score (nSPS) is 12.7. The first-order chi connectivity index (χ1) is 10.9. The Balaban J connectivity index is 0. The second kappa shape index (κ2) is 18.3. The number of aliphatic hydroxyl groups is 2. The van der Waals surface area contributed by atoms with E-state index >= 15 is 0 Å². The fourth-order valence-corrected chi connectivity index (χ4v) is 2.48. The van der Waals surface area contributed by atoms with Gasteiger partial charge < -0.3 is 10.2 Å². The second-order valence-corrected chi connectivity index (χ2v) is 7.60. The lowest BCUT2D eigenvalue weighted by atomic mass is 9.88. The first-order valence-corrected chi connectivity index (χ1v) is 10.2. The molecule has 0 aromatic heterocycles. The standard InChI is InChI=1S/C12H26O.C9H20O/c1-5-6-7-8-9-10-11(2)12(3,4)13;1-2-3-4-5-6-7-8-9-10/h11,13H,5-10H2,1-4H3;10H,2-9H2,1H3. The van der Waals surface area contributed by atoms with E-state index in [9.17, 15) is 5.11 Å². The summed E-state index contributed by atoms with van der Waals surface area (Å²) in [4.78, 5) is 0. The summed E-state index contributed by atoms with van der Waals surface area (Å²) in [7, 11) is 0. The van der Waals surface area contributed by atoms with Crippen molar-refractivity contribution in [1.82, 2.24) is 0 Å². The molecule has 0 amide bonds. The van der Waals surface area contributed by atoms with Crippen molar-refractivity contribution in [2.45, 2.75) is 124 Å². The predicted molar refractivity (Wildman–Crippen MR) is 104 cm³/mol. The zero-order valence-corrected chi connectivity index (χ0v) is 16.9. The third-order valence-corrected chi connectivity index (χ3v) is 4.71. The van der Waals surface area contributed by atoms with Crippen LogP contribution in [-0.4, -0.2) is 22.4 Å². The van der Waals surface area contributed by atoms with E-state index in [1.807, 2.05) is 13.8 Å². The molecule has 0 radical (unpaired) electrons. The number of aliphatic hydroxyl groups excluding tert-OH is 1. The van der Waals surface area contributed by atoms with Crippen molar-refractivity contribution in [1.29, 1.82) is 0 Å². The highest BCUT2D eigenvalue weighted by Crippen LogP contribution is 2.22. The van der Waals surface area contributed by atoms with Gasteiger partial charge >= 0.3 is 0 Å². The highest BCUT2D eigenvalue weighted by Gasteiger charge is 2.21. The van der Waals surface area contributed by atoms with Gasteiger partial charge in [0.05, 0.1) is 5.60 Å². The molecule has 0 rings (SSSR count). The maximum absolute atomic E-state index is 9.69. The van der Waals surface area contributed by atoms with Crippen molar-refractivity contribution in [3.8, 4) is 0 Å². The van der Waals surface area contributed by atoms with E-state index in [0.717, 1.165) is 12.8 Å². The van der Waals surface area contributed by atoms with E-state index < -0.39 is 5.60 Å². The van der Waals surface area contributed by atoms with Crippen LogP contribution < -0.4 is 0 Å². The van der Waals surface area contributed by atoms with Gasteiger partial charge in [0.1, 0.15) is 0 Å². The summed E-state index contributed by atoms with van der Waals surface area (Å²) >= 11 is 0. The fourth-order valence-electron chi connectivity index (χ4n) is 2.48. The van der Waals surface area contributed by atoms with E-state index in [1.54, 1.807) is 0 Å². The van der Waals surface area contributed by atoms with Crippen LogP contribution in [0.15, 0.2) is 0 Å². The maximum Gasteiger partial charge on any atom is 0.0617 e. The Morgan fingerprint density at radius 2 is 1.09 bits per heavy atom. The molecule has 0 heterocycles. The molecule has 1 unspecified atom stereocenters. The van der Waals surface area contributed by atoms with Gasteiger partial charge in [0.25, 0.3) is 0 Å². The largest absolute Gasteiger partial charge is 0.396 e. The van der Waals surface area contributed by atoms with Crippen molar-refractivity contribution >= 4 is 0 Å². The third kappa shape index (κ3) is 21.9. The zero-order chi connectivity index (χ0) is 18.0. The van der Waals surface area contributed by atoms with Crippen LogP contribution in [-0.2, 0) is 0 Å². The minimum Gasteiger partial charge on any atom is -0.396 e. The Labute approximate surface area is 147 Å². The van der Waals surface area contributed by atoms with Gasteiger partial charge in [-0.25, -0.2) is 0 Å². The molecule has 142 valence electrons. The van der Waals surface area contributed by atoms with Crippen LogP contribution >= 0.6 is 0 Å². The molecule has 0 spiro atoms. The average molecular weight is 331 g/mol. The van der Waals surface area contributed by atoms with Gasteiger partial charge in [0, 0.05) is 6.61 Å². The fraction of sp³-hybridized carbons (Fsp3) is 1.00. The number of hydrogen-bond acceptors (Lipinski definition) is 2. The van der Waals surface area contributed by atoms with E-state index in [4.69, 9.17) is 5.11 Å². The Kier molecular flexibility index (Phi) is 20.0. The summed E-state index contributed by atoms with van der Waals surface area (Å²) in [5.74, 6) is 0.425. The van der Waals surface area contributed by atoms with E-state index in [0.29, 0.717) is 12.5 Å². The monoisotopic (exact) mass is 330 g/mol. The van der Waals surface area contributed by atoms with Crippen molar-refractivity contribution in [2.24, 2.45) is 5.92 Å². The summed E-state index contributed by atoms with van der Waals surface area (Å²) in [6.07, 6.45) is 16.7. The predicted octanol–water partition coefficient (Wildman–Crippen LogP) is 6.48. The zero-order valence-electron chi connectivity index (χ0n) is 16.9. The Morgan fingerprint density at radius 3 is 1.48 bits per heavy atom. The summed E-state index contributed by atoms with van der Waals surface area (Å²) in [5, 5.41) is 18.2. The van der Waals surface area contributed by atoms with Crippen LogP contribution in [0.25, 0.3) is 0 Å². The minimum absolute atomic E-state index is 0.369. The van der Waals surface area contributed by atoms with Crippen molar-refractivity contribution in [3.05, 3.63) is 0 Å². The average Bonchev–Trinajstić information content (AvgIpc) is 2.50. The van der Waals surface area contributed by atoms with Crippen LogP contribution in [0.5, 0.6) is 0 Å². The molecule has 2 nitrogen and oxygen atoms in total. The van der Waals surface area contributed by atoms with Crippen LogP contribution in [0, 0.1) is 5.92 Å². The van der Waals surface area contributed by atoms with Crippen molar-refractivity contribution in [2.75, 3.05) is 6.61 Å². The Morgan fingerprint density at radius 1 is 0.696 bits per heavy atom. The Bertz CT molecular complexity index is 200. The molecule has 0 saturated heterocycles. The van der Waals surface area contributed by atoms with Crippen molar-refractivity contribution in [3.63, 3.8) is 0 Å². The quantitative estimate of drug-likeness (QED) is 0.358. The molecule has 2 N–H and O–H groups in total. The van der Waals surface area contributed by atoms with E-state index in [-0.39, 0.29) is 0 Å². The van der Waals surface area contributed by atoms with E-state index in [1.165, 1.54) is 70.6 Å². The van der Waals surface area contributed by atoms with Crippen LogP contribution in [0.3, 0.4) is 0 Å². The SMILES string of the molecule is CCCCCCCC(C)C(C)(C)O.CCCCCCCCCO. The molecule has 0 aromatic carbocycles. The van der Waals surface area contributed by atoms with Gasteiger partial charge in [0.15, 0.2) is 0 Å². The van der Waals surface area contributed by atoms with Gasteiger partial charge in [0.2, 0.25) is 0 Å². The Hall–Kier alpha value is -0.0800. The molecular formula is C21H46O2. The molecule has 0 aliphatic heterocycles. The van der Waals surface area contributed by atoms with Gasteiger partial charge in [-0.15, -0.1) is 0 Å². The molecule has 0 aliphatic carbocycles. The second-order valence-electron chi connectivity index (χ2n) is 7.60. The van der Waals surface area contributed by atoms with Crippen LogP contribution in [0.4, 0.5) is 0 Å². The molecule has 0 saturated carbocycles. The molecule has 0 bridgehead atoms. The highest BCUT2D eigenvalue weighted by atomic mass is 16.3. The molecule has 23 heavy (non-hydrogen) atoms. The summed E-state index contributed by atoms with van der Waals surface area (Å²) in [5.41, 5.74) is -0.495. The molecule has 0 fully saturated rings. The topological polar surface area (TPSA) is 40.5 Å². The number of hydrogen-bond donors (Lipinski definition) is 2. The highest BCUT2D eigenvalue weighted by molar-refractivity contribution is 4.72. The van der Waals surface area contributed by atoms with E-state index in [2.05, 4.69) is 20.8 Å². The summed E-state index contributed by atoms with van der Waals surface area (Å²) in [6.45, 7) is 10.8. The lowest BCUT2D eigenvalue weighted by molar-refractivity contribution is 0.0203. The molecule has 1 atom stereocenters. The van der Waals surface area contributed by atoms with Gasteiger partial charge in [-0.1, -0.05) is 91.4 Å². The molecule has 0 aliphatic rings. The molecular weight excluding hydrogens is 284 g/mol. The van der Waals surface area contributed by atoms with Crippen LogP contribution in [0.2, 0.25) is 0 Å². The summed E-state index contributed by atoms with van der Waals surface area (Å²) < 4.78 is 0. The van der Waals surface area contributed by atoms with Gasteiger partial charge in [-0.05, 0) is 32.6 Å². The lowest BCUT2D eigenvalue weighted by Gasteiger charge is -2.25. The van der Waals surface area contributed by atoms with Gasteiger partial charge in [-0.3, -0.25) is 0 Å². The number of unbranched alkanes of at least 4 members (excludes halogenated alkanes) is 10. The van der Waals surface area contributed by atoms with Crippen molar-refractivity contribution < 1.29 is 10.2 Å². The number of rotatable bonds is 14. The smallest absolute Gasteiger partial charge is 0.0617 e. The van der Waals surface area contributed by atoms with Gasteiger partial charge in [-0.2, -0.15) is 0 Å². The third-order valence-electron chi connectivity index (χ3n) is 4.71. The van der Waals surface area contributed by atoms with Crippen LogP contribution in [0.1, 0.15) is 118 Å². The summed E-state index contributed by atoms with van der Waals surface area (Å²) in [6, 6.07) is 0. The maximum atomic E-state index is 9.69. The first kappa shape index (κ1) is 25.2. The molecule has 0 aromatic rings. The minimum atomic E-state index is -0.495. The first-order valence-electron chi connectivity index (χ1n) is 10.2. The lowest BCUT2D eigenvalue weighted by Crippen LogP contribution is -2.28.